The highest BCUT2D eigenvalue weighted by Gasteiger charge is 2.28. The van der Waals surface area contributed by atoms with Gasteiger partial charge >= 0.3 is 0 Å². The molecule has 4 aromatic rings. The maximum absolute atomic E-state index is 13.1. The number of amides is 2. The van der Waals surface area contributed by atoms with Gasteiger partial charge in [-0.25, -0.2) is 5.43 Å². The molecule has 5 rings (SSSR count). The lowest BCUT2D eigenvalue weighted by Gasteiger charge is -2.13. The molecule has 0 spiro atoms. The number of hydrogen-bond acceptors (Lipinski definition) is 8. The van der Waals surface area contributed by atoms with Gasteiger partial charge in [-0.2, -0.15) is 15.3 Å². The number of fused-ring (bicyclic) bond motifs is 1. The molecule has 0 bridgehead atoms. The predicted molar refractivity (Wildman–Crippen MR) is 148 cm³/mol. The summed E-state index contributed by atoms with van der Waals surface area (Å²) in [5, 5.41) is 26.4. The quantitative estimate of drug-likeness (QED) is 0.154. The first-order valence-electron chi connectivity index (χ1n) is 12.5. The van der Waals surface area contributed by atoms with Crippen molar-refractivity contribution < 1.29 is 18.9 Å². The lowest BCUT2D eigenvalue weighted by atomic mass is 9.93. The summed E-state index contributed by atoms with van der Waals surface area (Å²) in [7, 11) is 0. The van der Waals surface area contributed by atoms with Gasteiger partial charge in [-0.3, -0.25) is 19.7 Å². The van der Waals surface area contributed by atoms with E-state index < -0.39 is 16.7 Å². The van der Waals surface area contributed by atoms with Gasteiger partial charge < -0.3 is 9.73 Å². The zero-order chi connectivity index (χ0) is 28.1. The van der Waals surface area contributed by atoms with E-state index in [4.69, 9.17) is 4.42 Å². The van der Waals surface area contributed by atoms with Crippen LogP contribution in [0.15, 0.2) is 98.6 Å². The molecule has 200 valence electrons. The van der Waals surface area contributed by atoms with Gasteiger partial charge in [0.25, 0.3) is 17.5 Å². The summed E-state index contributed by atoms with van der Waals surface area (Å²) in [6, 6.07) is 21.6. The fourth-order valence-electron chi connectivity index (χ4n) is 4.32. The van der Waals surface area contributed by atoms with Crippen molar-refractivity contribution in [1.29, 1.82) is 0 Å². The lowest BCUT2D eigenvalue weighted by molar-refractivity contribution is -0.384. The van der Waals surface area contributed by atoms with Gasteiger partial charge in [-0.1, -0.05) is 18.2 Å². The number of furan rings is 1. The van der Waals surface area contributed by atoms with E-state index in [1.54, 1.807) is 31.2 Å². The highest BCUT2D eigenvalue weighted by Crippen LogP contribution is 2.30. The SMILES string of the molecule is Cc1c(C(=O)Nc2ccc(N=Nc3ccccc3)cc2)oc2c1/C(=N/NC(=O)c1ccc([N+](=O)[O-])cc1)CCC2. The molecule has 0 fully saturated rings. The van der Waals surface area contributed by atoms with Crippen LogP contribution in [-0.4, -0.2) is 22.4 Å². The summed E-state index contributed by atoms with van der Waals surface area (Å²) in [6.07, 6.45) is 1.97. The Balaban J connectivity index is 1.27. The number of carbonyl (C=O) groups excluding carboxylic acids is 2. The molecule has 1 aliphatic rings. The number of hydrazone groups is 1. The number of nitro benzene ring substituents is 1. The van der Waals surface area contributed by atoms with Gasteiger partial charge in [0.2, 0.25) is 0 Å². The Morgan fingerprint density at radius 2 is 1.55 bits per heavy atom. The largest absolute Gasteiger partial charge is 0.455 e. The number of aryl methyl sites for hydroxylation is 1. The first-order chi connectivity index (χ1) is 19.4. The van der Waals surface area contributed by atoms with Crippen LogP contribution in [0.4, 0.5) is 22.7 Å². The molecule has 0 atom stereocenters. The number of carbonyl (C=O) groups is 2. The number of nitrogens with one attached hydrogen (secondary N) is 2. The molecule has 0 saturated carbocycles. The van der Waals surface area contributed by atoms with E-state index >= 15 is 0 Å². The second-order valence-corrected chi connectivity index (χ2v) is 9.05. The van der Waals surface area contributed by atoms with Gasteiger partial charge in [-0.15, -0.1) is 0 Å². The van der Waals surface area contributed by atoms with E-state index in [0.29, 0.717) is 46.8 Å². The summed E-state index contributed by atoms with van der Waals surface area (Å²) in [5.74, 6) is -0.0942. The second-order valence-electron chi connectivity index (χ2n) is 9.05. The number of nitro groups is 1. The van der Waals surface area contributed by atoms with E-state index in [0.717, 1.165) is 12.1 Å². The molecule has 0 aliphatic heterocycles. The second kappa shape index (κ2) is 11.5. The molecular weight excluding hydrogens is 512 g/mol. The maximum atomic E-state index is 13.1. The maximum Gasteiger partial charge on any atom is 0.291 e. The summed E-state index contributed by atoms with van der Waals surface area (Å²) in [5.41, 5.74) is 6.53. The Kier molecular flexibility index (Phi) is 7.54. The first-order valence-corrected chi connectivity index (χ1v) is 12.5. The smallest absolute Gasteiger partial charge is 0.291 e. The van der Waals surface area contributed by atoms with Crippen molar-refractivity contribution >= 4 is 40.3 Å². The molecule has 0 unspecified atom stereocenters. The van der Waals surface area contributed by atoms with Crippen molar-refractivity contribution in [1.82, 2.24) is 5.43 Å². The van der Waals surface area contributed by atoms with Crippen LogP contribution in [0.25, 0.3) is 0 Å². The van der Waals surface area contributed by atoms with E-state index in [-0.39, 0.29) is 17.0 Å². The highest BCUT2D eigenvalue weighted by atomic mass is 16.6. The summed E-state index contributed by atoms with van der Waals surface area (Å²) in [6.45, 7) is 1.78. The Bertz CT molecular complexity index is 1620. The number of benzene rings is 3. The minimum absolute atomic E-state index is 0.107. The van der Waals surface area contributed by atoms with Gasteiger partial charge in [0.15, 0.2) is 5.76 Å². The average molecular weight is 537 g/mol. The molecule has 1 aromatic heterocycles. The van der Waals surface area contributed by atoms with Crippen LogP contribution in [0.5, 0.6) is 0 Å². The van der Waals surface area contributed by atoms with Crippen LogP contribution in [0.3, 0.4) is 0 Å². The molecule has 11 nitrogen and oxygen atoms in total. The van der Waals surface area contributed by atoms with Crippen LogP contribution < -0.4 is 10.7 Å². The molecular formula is C29H24N6O5. The molecule has 40 heavy (non-hydrogen) atoms. The van der Waals surface area contributed by atoms with Crippen LogP contribution in [0.2, 0.25) is 0 Å². The minimum Gasteiger partial charge on any atom is -0.455 e. The number of non-ortho nitro benzene ring substituents is 1. The third kappa shape index (κ3) is 5.83. The van der Waals surface area contributed by atoms with Gasteiger partial charge in [0.05, 0.1) is 22.0 Å². The number of azo groups is 1. The Labute approximate surface area is 228 Å². The van der Waals surface area contributed by atoms with E-state index in [1.165, 1.54) is 24.3 Å². The molecule has 3 aromatic carbocycles. The van der Waals surface area contributed by atoms with Crippen LogP contribution >= 0.6 is 0 Å². The van der Waals surface area contributed by atoms with Crippen LogP contribution in [-0.2, 0) is 6.42 Å². The number of nitrogens with zero attached hydrogens (tertiary/aromatic N) is 4. The van der Waals surface area contributed by atoms with E-state index in [2.05, 4.69) is 26.1 Å². The molecule has 2 amide bonds. The highest BCUT2D eigenvalue weighted by molar-refractivity contribution is 6.09. The third-order valence-electron chi connectivity index (χ3n) is 6.33. The minimum atomic E-state index is -0.533. The molecule has 0 saturated heterocycles. The van der Waals surface area contributed by atoms with Crippen molar-refractivity contribution in [3.05, 3.63) is 117 Å². The van der Waals surface area contributed by atoms with Crippen molar-refractivity contribution in [3.63, 3.8) is 0 Å². The van der Waals surface area contributed by atoms with Crippen molar-refractivity contribution in [2.75, 3.05) is 5.32 Å². The third-order valence-corrected chi connectivity index (χ3v) is 6.33. The molecule has 0 radical (unpaired) electrons. The van der Waals surface area contributed by atoms with Gasteiger partial charge in [0.1, 0.15) is 5.76 Å². The molecule has 11 heteroatoms. The topological polar surface area (TPSA) is 152 Å². The summed E-state index contributed by atoms with van der Waals surface area (Å²) in [4.78, 5) is 35.9. The fraction of sp³-hybridized carbons (Fsp3) is 0.138. The van der Waals surface area contributed by atoms with Crippen LogP contribution in [0, 0.1) is 17.0 Å². The molecule has 1 heterocycles. The van der Waals surface area contributed by atoms with E-state index in [9.17, 15) is 19.7 Å². The lowest BCUT2D eigenvalue weighted by Crippen LogP contribution is -2.22. The van der Waals surface area contributed by atoms with Crippen molar-refractivity contribution in [2.45, 2.75) is 26.2 Å². The van der Waals surface area contributed by atoms with Crippen molar-refractivity contribution in [2.24, 2.45) is 15.3 Å². The average Bonchev–Trinajstić information content (AvgIpc) is 3.33. The number of anilines is 1. The normalized spacial score (nSPS) is 13.7. The monoisotopic (exact) mass is 536 g/mol. The van der Waals surface area contributed by atoms with Crippen molar-refractivity contribution in [3.8, 4) is 0 Å². The fourth-order valence-corrected chi connectivity index (χ4v) is 4.32. The zero-order valence-corrected chi connectivity index (χ0v) is 21.5. The standard InChI is InChI=1S/C29H24N6O5/c1-18-26-24(33-34-28(36)19-10-16-23(17-11-19)35(38)39)8-5-9-25(26)40-27(18)29(37)30-20-12-14-22(15-13-20)32-31-21-6-3-2-4-7-21/h2-4,6-7,10-17H,5,8-9H2,1H3,(H,30,37)(H,34,36)/b32-31?,33-24+. The molecule has 1 aliphatic carbocycles. The Morgan fingerprint density at radius 3 is 2.23 bits per heavy atom. The van der Waals surface area contributed by atoms with E-state index in [1.807, 2.05) is 30.3 Å². The predicted octanol–water partition coefficient (Wildman–Crippen LogP) is 6.63. The van der Waals surface area contributed by atoms with Gasteiger partial charge in [-0.05, 0) is 68.3 Å². The first kappa shape index (κ1) is 26.2. The van der Waals surface area contributed by atoms with Crippen LogP contribution in [0.1, 0.15) is 50.6 Å². The zero-order valence-electron chi connectivity index (χ0n) is 21.5. The van der Waals surface area contributed by atoms with Gasteiger partial charge in [0, 0.05) is 40.9 Å². The Hall–Kier alpha value is -5.45. The number of hydrogen-bond donors (Lipinski definition) is 2. The number of rotatable bonds is 7. The Morgan fingerprint density at radius 1 is 0.875 bits per heavy atom. The summed E-state index contributed by atoms with van der Waals surface area (Å²) < 4.78 is 5.94. The summed E-state index contributed by atoms with van der Waals surface area (Å²) >= 11 is 0. The molecule has 2 N–H and O–H groups in total.